The third kappa shape index (κ3) is 5.08. The minimum Gasteiger partial charge on any atom is -0.494 e. The number of fused-ring (bicyclic) bond motifs is 1. The minimum atomic E-state index is -0.774. The fourth-order valence-electron chi connectivity index (χ4n) is 6.30. The normalized spacial score (nSPS) is 31.6. The van der Waals surface area contributed by atoms with Gasteiger partial charge in [-0.05, 0) is 64.3 Å². The molecule has 8 atom stereocenters. The molecule has 3 aliphatic rings. The van der Waals surface area contributed by atoms with Gasteiger partial charge in [0.2, 0.25) is 17.7 Å². The summed E-state index contributed by atoms with van der Waals surface area (Å²) in [6.07, 6.45) is 1.35. The van der Waals surface area contributed by atoms with Gasteiger partial charge in [0.15, 0.2) is 0 Å². The van der Waals surface area contributed by atoms with Gasteiger partial charge in [-0.1, -0.05) is 36.2 Å². The van der Waals surface area contributed by atoms with Crippen molar-refractivity contribution in [2.24, 2.45) is 17.8 Å². The van der Waals surface area contributed by atoms with Crippen LogP contribution in [0.3, 0.4) is 0 Å². The first-order valence-corrected chi connectivity index (χ1v) is 15.3. The molecule has 1 aromatic rings. The molecule has 3 heterocycles. The van der Waals surface area contributed by atoms with Crippen LogP contribution in [-0.4, -0.2) is 73.4 Å². The summed E-state index contributed by atoms with van der Waals surface area (Å²) in [5, 5.41) is 16.4. The Bertz CT molecular complexity index is 1060. The SMILES string of the molecule is CCOc1ccc(NC(=O)[C@H]2[C@H]3C(=O)N([C@@H](CO)[C@@H](C)CC)C(C(=O)NC(C)(C)C)C34CC(Br)[C@@H]2S4)cc1. The Morgan fingerprint density at radius 3 is 2.45 bits per heavy atom. The number of hydrogen-bond donors (Lipinski definition) is 3. The molecule has 210 valence electrons. The second-order valence-corrected chi connectivity index (χ2v) is 14.4. The summed E-state index contributed by atoms with van der Waals surface area (Å²) in [6, 6.07) is 5.90. The lowest BCUT2D eigenvalue weighted by atomic mass is 9.70. The average Bonchev–Trinajstić information content (AvgIpc) is 3.43. The maximum absolute atomic E-state index is 14.3. The number of hydrogen-bond acceptors (Lipinski definition) is 6. The van der Waals surface area contributed by atoms with Crippen LogP contribution >= 0.6 is 27.7 Å². The van der Waals surface area contributed by atoms with E-state index in [0.29, 0.717) is 18.7 Å². The zero-order valence-electron chi connectivity index (χ0n) is 23.0. The Hall–Kier alpha value is -1.78. The number of carbonyl (C=O) groups is 3. The van der Waals surface area contributed by atoms with Crippen molar-refractivity contribution in [1.29, 1.82) is 0 Å². The van der Waals surface area contributed by atoms with Crippen LogP contribution in [0.5, 0.6) is 5.75 Å². The predicted octanol–water partition coefficient (Wildman–Crippen LogP) is 3.81. The fraction of sp³-hybridized carbons (Fsp3) is 0.679. The summed E-state index contributed by atoms with van der Waals surface area (Å²) < 4.78 is 4.74. The number of anilines is 1. The highest BCUT2D eigenvalue weighted by atomic mass is 79.9. The first-order chi connectivity index (χ1) is 17.9. The third-order valence-corrected chi connectivity index (χ3v) is 11.3. The number of ether oxygens (including phenoxy) is 1. The van der Waals surface area contributed by atoms with Gasteiger partial charge in [-0.3, -0.25) is 14.4 Å². The molecule has 0 aliphatic carbocycles. The molecule has 1 aromatic carbocycles. The van der Waals surface area contributed by atoms with E-state index in [2.05, 4.69) is 26.6 Å². The zero-order chi connectivity index (χ0) is 28.0. The number of rotatable bonds is 9. The summed E-state index contributed by atoms with van der Waals surface area (Å²) in [6.45, 7) is 12.0. The van der Waals surface area contributed by atoms with E-state index in [0.717, 1.165) is 12.2 Å². The average molecular weight is 611 g/mol. The highest BCUT2D eigenvalue weighted by molar-refractivity contribution is 9.09. The lowest BCUT2D eigenvalue weighted by Crippen LogP contribution is -2.60. The third-order valence-electron chi connectivity index (χ3n) is 8.05. The molecule has 4 rings (SSSR count). The van der Waals surface area contributed by atoms with Crippen LogP contribution in [0, 0.1) is 17.8 Å². The van der Waals surface area contributed by atoms with E-state index in [-0.39, 0.29) is 40.3 Å². The largest absolute Gasteiger partial charge is 0.494 e. The van der Waals surface area contributed by atoms with Crippen molar-refractivity contribution in [1.82, 2.24) is 10.2 Å². The molecule has 0 aromatic heterocycles. The summed E-state index contributed by atoms with van der Waals surface area (Å²) in [4.78, 5) is 43.6. The van der Waals surface area contributed by atoms with Gasteiger partial charge in [0.1, 0.15) is 11.8 Å². The fourth-order valence-corrected chi connectivity index (χ4v) is 9.90. The van der Waals surface area contributed by atoms with E-state index in [1.165, 1.54) is 0 Å². The topological polar surface area (TPSA) is 108 Å². The van der Waals surface area contributed by atoms with Crippen molar-refractivity contribution in [3.8, 4) is 5.75 Å². The van der Waals surface area contributed by atoms with Crippen LogP contribution in [0.1, 0.15) is 54.4 Å². The quantitative estimate of drug-likeness (QED) is 0.367. The number of benzene rings is 1. The van der Waals surface area contributed by atoms with Gasteiger partial charge in [-0.15, -0.1) is 11.8 Å². The van der Waals surface area contributed by atoms with Crippen LogP contribution in [0.4, 0.5) is 5.69 Å². The van der Waals surface area contributed by atoms with Crippen molar-refractivity contribution >= 4 is 51.1 Å². The molecule has 3 N–H and O–H groups in total. The van der Waals surface area contributed by atoms with Crippen LogP contribution in [0.25, 0.3) is 0 Å². The van der Waals surface area contributed by atoms with E-state index in [1.54, 1.807) is 40.9 Å². The number of alkyl halides is 1. The molecular weight excluding hydrogens is 570 g/mol. The number of carbonyl (C=O) groups excluding carboxylic acids is 3. The first-order valence-electron chi connectivity index (χ1n) is 13.5. The molecule has 3 saturated heterocycles. The first kappa shape index (κ1) is 29.2. The van der Waals surface area contributed by atoms with Crippen LogP contribution in [-0.2, 0) is 14.4 Å². The molecule has 38 heavy (non-hydrogen) atoms. The number of halogens is 1. The number of nitrogens with one attached hydrogen (secondary N) is 2. The Kier molecular flexibility index (Phi) is 8.46. The monoisotopic (exact) mass is 609 g/mol. The van der Waals surface area contributed by atoms with Crippen molar-refractivity contribution in [3.05, 3.63) is 24.3 Å². The predicted molar refractivity (Wildman–Crippen MR) is 154 cm³/mol. The van der Waals surface area contributed by atoms with Crippen LogP contribution in [0.15, 0.2) is 24.3 Å². The molecule has 1 spiro atoms. The van der Waals surface area contributed by atoms with Crippen molar-refractivity contribution in [2.45, 2.75) is 86.8 Å². The van der Waals surface area contributed by atoms with Gasteiger partial charge < -0.3 is 25.4 Å². The van der Waals surface area contributed by atoms with Gasteiger partial charge in [0.25, 0.3) is 0 Å². The van der Waals surface area contributed by atoms with Crippen LogP contribution < -0.4 is 15.4 Å². The molecule has 3 fully saturated rings. The Morgan fingerprint density at radius 2 is 1.89 bits per heavy atom. The second kappa shape index (κ2) is 11.0. The molecule has 3 amide bonds. The second-order valence-electron chi connectivity index (χ2n) is 11.7. The molecule has 10 heteroatoms. The molecule has 2 bridgehead atoms. The molecule has 3 aliphatic heterocycles. The minimum absolute atomic E-state index is 0.0118. The molecule has 8 nitrogen and oxygen atoms in total. The highest BCUT2D eigenvalue weighted by Crippen LogP contribution is 2.68. The number of aliphatic hydroxyl groups excluding tert-OH is 1. The molecule has 0 radical (unpaired) electrons. The smallest absolute Gasteiger partial charge is 0.244 e. The van der Waals surface area contributed by atoms with Gasteiger partial charge in [0.05, 0.1) is 35.8 Å². The van der Waals surface area contributed by atoms with E-state index in [9.17, 15) is 19.5 Å². The lowest BCUT2D eigenvalue weighted by molar-refractivity contribution is -0.143. The number of likely N-dealkylation sites (tertiary alicyclic amines) is 1. The van der Waals surface area contributed by atoms with E-state index >= 15 is 0 Å². The maximum Gasteiger partial charge on any atom is 0.244 e. The van der Waals surface area contributed by atoms with E-state index in [4.69, 9.17) is 4.74 Å². The Labute approximate surface area is 238 Å². The maximum atomic E-state index is 14.3. The highest BCUT2D eigenvalue weighted by Gasteiger charge is 2.76. The van der Waals surface area contributed by atoms with Gasteiger partial charge in [-0.25, -0.2) is 0 Å². The van der Waals surface area contributed by atoms with Gasteiger partial charge in [0, 0.05) is 21.3 Å². The zero-order valence-corrected chi connectivity index (χ0v) is 25.4. The van der Waals surface area contributed by atoms with E-state index in [1.807, 2.05) is 41.5 Å². The van der Waals surface area contributed by atoms with Crippen LogP contribution in [0.2, 0.25) is 0 Å². The Balaban J connectivity index is 1.71. The summed E-state index contributed by atoms with van der Waals surface area (Å²) in [7, 11) is 0. The number of amides is 3. The number of nitrogens with zero attached hydrogens (tertiary/aromatic N) is 1. The molecule has 0 saturated carbocycles. The van der Waals surface area contributed by atoms with Gasteiger partial charge in [-0.2, -0.15) is 0 Å². The lowest BCUT2D eigenvalue weighted by Gasteiger charge is -2.40. The standard InChI is InChI=1S/C28H40BrN3O5S/c1-7-15(3)19(14-33)32-23(25(35)31-27(4,5)6)28-13-18(29)22(38-28)20(21(28)26(32)36)24(34)30-16-9-11-17(12-10-16)37-8-2/h9-12,15,18-23,33H,7-8,13-14H2,1-6H3,(H,30,34)(H,31,35)/t15-,18?,19-,20-,21-,22-,23?,28?/m0/s1. The number of thioether (sulfide) groups is 1. The molecule has 3 unspecified atom stereocenters. The summed E-state index contributed by atoms with van der Waals surface area (Å²) >= 11 is 5.39. The summed E-state index contributed by atoms with van der Waals surface area (Å²) in [5.74, 6) is -1.21. The van der Waals surface area contributed by atoms with Gasteiger partial charge >= 0.3 is 0 Å². The summed E-state index contributed by atoms with van der Waals surface area (Å²) in [5.41, 5.74) is 0.133. The Morgan fingerprint density at radius 1 is 1.24 bits per heavy atom. The van der Waals surface area contributed by atoms with Crippen molar-refractivity contribution < 1.29 is 24.2 Å². The number of aliphatic hydroxyl groups is 1. The van der Waals surface area contributed by atoms with Crippen molar-refractivity contribution in [3.63, 3.8) is 0 Å². The van der Waals surface area contributed by atoms with E-state index < -0.39 is 34.2 Å². The molecular formula is C28H40BrN3O5S. The van der Waals surface area contributed by atoms with Crippen molar-refractivity contribution in [2.75, 3.05) is 18.5 Å².